The van der Waals surface area contributed by atoms with E-state index in [1.165, 1.54) is 12.8 Å². The monoisotopic (exact) mass is 292 g/mol. The predicted molar refractivity (Wildman–Crippen MR) is 83.1 cm³/mol. The lowest BCUT2D eigenvalue weighted by Crippen LogP contribution is -2.38. The van der Waals surface area contributed by atoms with Gasteiger partial charge in [0.2, 0.25) is 17.8 Å². The highest BCUT2D eigenvalue weighted by Gasteiger charge is 2.31. The lowest BCUT2D eigenvalue weighted by atomic mass is 10.4. The minimum atomic E-state index is 0.606. The van der Waals surface area contributed by atoms with Crippen LogP contribution in [0.2, 0.25) is 0 Å². The van der Waals surface area contributed by atoms with Gasteiger partial charge in [0.1, 0.15) is 0 Å². The van der Waals surface area contributed by atoms with E-state index in [0.29, 0.717) is 12.0 Å². The summed E-state index contributed by atoms with van der Waals surface area (Å²) in [5.74, 6) is 2.21. The number of nitrogens with zero attached hydrogens (tertiary/aromatic N) is 5. The third kappa shape index (κ3) is 3.34. The summed E-state index contributed by atoms with van der Waals surface area (Å²) in [6.45, 7) is 6.33. The minimum Gasteiger partial charge on any atom is -0.378 e. The molecule has 2 aliphatic rings. The summed E-state index contributed by atoms with van der Waals surface area (Å²) in [6.07, 6.45) is 3.59. The molecule has 0 aromatic carbocycles. The van der Waals surface area contributed by atoms with Gasteiger partial charge in [-0.1, -0.05) is 6.92 Å². The lowest BCUT2D eigenvalue weighted by Gasteiger charge is -2.28. The molecule has 0 unspecified atom stereocenters. The van der Waals surface area contributed by atoms with E-state index in [-0.39, 0.29) is 0 Å². The van der Waals surface area contributed by atoms with Gasteiger partial charge in [-0.15, -0.1) is 0 Å². The molecule has 2 heterocycles. The molecule has 1 saturated heterocycles. The molecule has 2 fully saturated rings. The third-order valence-corrected chi connectivity index (χ3v) is 3.84. The first-order chi connectivity index (χ1) is 10.3. The molecule has 0 spiro atoms. The fraction of sp³-hybridized carbons (Fsp3) is 0.786. The zero-order valence-corrected chi connectivity index (χ0v) is 12.9. The smallest absolute Gasteiger partial charge is 0.232 e. The number of ether oxygens (including phenoxy) is 1. The zero-order valence-electron chi connectivity index (χ0n) is 12.9. The molecule has 21 heavy (non-hydrogen) atoms. The molecule has 1 aromatic rings. The lowest BCUT2D eigenvalue weighted by molar-refractivity contribution is 0.122. The highest BCUT2D eigenvalue weighted by atomic mass is 16.5. The predicted octanol–water partition coefficient (Wildman–Crippen LogP) is 1.13. The van der Waals surface area contributed by atoms with Crippen LogP contribution in [0.4, 0.5) is 17.8 Å². The topological polar surface area (TPSA) is 66.4 Å². The Bertz CT molecular complexity index is 473. The van der Waals surface area contributed by atoms with Gasteiger partial charge in [-0.25, -0.2) is 0 Å². The summed E-state index contributed by atoms with van der Waals surface area (Å²) < 4.78 is 5.40. The molecule has 7 nitrogen and oxygen atoms in total. The molecule has 1 saturated carbocycles. The SMILES string of the molecule is CCCN(c1nc(NC)nc(N2CCOCC2)n1)C1CC1. The van der Waals surface area contributed by atoms with E-state index < -0.39 is 0 Å². The maximum atomic E-state index is 5.40. The highest BCUT2D eigenvalue weighted by molar-refractivity contribution is 5.46. The van der Waals surface area contributed by atoms with Gasteiger partial charge in [0, 0.05) is 32.7 Å². The quantitative estimate of drug-likeness (QED) is 0.843. The molecule has 1 aliphatic carbocycles. The first-order valence-electron chi connectivity index (χ1n) is 7.85. The summed E-state index contributed by atoms with van der Waals surface area (Å²) in [6, 6.07) is 0.606. The van der Waals surface area contributed by atoms with E-state index in [1.807, 2.05) is 7.05 Å². The van der Waals surface area contributed by atoms with Crippen molar-refractivity contribution in [2.45, 2.75) is 32.2 Å². The van der Waals surface area contributed by atoms with Crippen molar-refractivity contribution in [1.82, 2.24) is 15.0 Å². The molecule has 0 amide bonds. The van der Waals surface area contributed by atoms with Crippen LogP contribution >= 0.6 is 0 Å². The molecule has 0 atom stereocenters. The molecule has 1 aromatic heterocycles. The van der Waals surface area contributed by atoms with E-state index in [1.54, 1.807) is 0 Å². The van der Waals surface area contributed by atoms with Crippen LogP contribution in [0.1, 0.15) is 26.2 Å². The summed E-state index contributed by atoms with van der Waals surface area (Å²) >= 11 is 0. The summed E-state index contributed by atoms with van der Waals surface area (Å²) in [4.78, 5) is 18.3. The average Bonchev–Trinajstić information content (AvgIpc) is 3.37. The molecular weight excluding hydrogens is 268 g/mol. The fourth-order valence-electron chi connectivity index (χ4n) is 2.57. The molecule has 0 bridgehead atoms. The largest absolute Gasteiger partial charge is 0.378 e. The average molecular weight is 292 g/mol. The van der Waals surface area contributed by atoms with Crippen molar-refractivity contribution >= 4 is 17.8 Å². The van der Waals surface area contributed by atoms with Crippen LogP contribution < -0.4 is 15.1 Å². The zero-order chi connectivity index (χ0) is 14.7. The number of rotatable bonds is 6. The molecule has 3 rings (SSSR count). The van der Waals surface area contributed by atoms with E-state index in [9.17, 15) is 0 Å². The van der Waals surface area contributed by atoms with Crippen molar-refractivity contribution in [2.24, 2.45) is 0 Å². The van der Waals surface area contributed by atoms with Crippen molar-refractivity contribution in [2.75, 3.05) is 55.0 Å². The van der Waals surface area contributed by atoms with Crippen molar-refractivity contribution in [3.63, 3.8) is 0 Å². The first-order valence-corrected chi connectivity index (χ1v) is 7.85. The van der Waals surface area contributed by atoms with E-state index in [0.717, 1.165) is 51.2 Å². The second-order valence-corrected chi connectivity index (χ2v) is 5.53. The van der Waals surface area contributed by atoms with Crippen LogP contribution in [0.3, 0.4) is 0 Å². The minimum absolute atomic E-state index is 0.606. The van der Waals surface area contributed by atoms with E-state index >= 15 is 0 Å². The van der Waals surface area contributed by atoms with Crippen LogP contribution in [-0.4, -0.2) is 60.9 Å². The normalized spacial score (nSPS) is 18.7. The van der Waals surface area contributed by atoms with Gasteiger partial charge in [-0.3, -0.25) is 0 Å². The Labute approximate surface area is 125 Å². The highest BCUT2D eigenvalue weighted by Crippen LogP contribution is 2.31. The summed E-state index contributed by atoms with van der Waals surface area (Å²) in [7, 11) is 1.85. The Morgan fingerprint density at radius 2 is 2.00 bits per heavy atom. The van der Waals surface area contributed by atoms with Gasteiger partial charge in [0.05, 0.1) is 13.2 Å². The van der Waals surface area contributed by atoms with Crippen LogP contribution in [0.5, 0.6) is 0 Å². The molecule has 0 radical (unpaired) electrons. The number of hydrogen-bond acceptors (Lipinski definition) is 7. The van der Waals surface area contributed by atoms with Crippen LogP contribution in [-0.2, 0) is 4.74 Å². The Morgan fingerprint density at radius 3 is 2.62 bits per heavy atom. The fourth-order valence-corrected chi connectivity index (χ4v) is 2.57. The number of aromatic nitrogens is 3. The third-order valence-electron chi connectivity index (χ3n) is 3.84. The molecule has 7 heteroatoms. The van der Waals surface area contributed by atoms with Crippen molar-refractivity contribution < 1.29 is 4.74 Å². The number of anilines is 3. The summed E-state index contributed by atoms with van der Waals surface area (Å²) in [5, 5.41) is 3.06. The van der Waals surface area contributed by atoms with E-state index in [4.69, 9.17) is 9.72 Å². The van der Waals surface area contributed by atoms with Gasteiger partial charge in [0.25, 0.3) is 0 Å². The van der Waals surface area contributed by atoms with Crippen LogP contribution in [0, 0.1) is 0 Å². The van der Waals surface area contributed by atoms with Gasteiger partial charge in [-0.05, 0) is 19.3 Å². The van der Waals surface area contributed by atoms with Gasteiger partial charge in [0.15, 0.2) is 0 Å². The molecule has 1 aliphatic heterocycles. The molecule has 116 valence electrons. The van der Waals surface area contributed by atoms with Gasteiger partial charge in [-0.2, -0.15) is 15.0 Å². The van der Waals surface area contributed by atoms with Crippen molar-refractivity contribution in [3.05, 3.63) is 0 Å². The summed E-state index contributed by atoms with van der Waals surface area (Å²) in [5.41, 5.74) is 0. The van der Waals surface area contributed by atoms with Crippen molar-refractivity contribution in [3.8, 4) is 0 Å². The van der Waals surface area contributed by atoms with Gasteiger partial charge >= 0.3 is 0 Å². The maximum absolute atomic E-state index is 5.40. The Morgan fingerprint density at radius 1 is 1.24 bits per heavy atom. The number of morpholine rings is 1. The molecular formula is C14H24N6O. The van der Waals surface area contributed by atoms with Crippen molar-refractivity contribution in [1.29, 1.82) is 0 Å². The second-order valence-electron chi connectivity index (χ2n) is 5.53. The first kappa shape index (κ1) is 14.3. The molecule has 1 N–H and O–H groups in total. The number of nitrogens with one attached hydrogen (secondary N) is 1. The Kier molecular flexibility index (Phi) is 4.38. The maximum Gasteiger partial charge on any atom is 0.232 e. The van der Waals surface area contributed by atoms with Crippen LogP contribution in [0.25, 0.3) is 0 Å². The van der Waals surface area contributed by atoms with Gasteiger partial charge < -0.3 is 19.9 Å². The van der Waals surface area contributed by atoms with E-state index in [2.05, 4.69) is 32.0 Å². The Balaban J connectivity index is 1.87. The van der Waals surface area contributed by atoms with Crippen LogP contribution in [0.15, 0.2) is 0 Å². The number of hydrogen-bond donors (Lipinski definition) is 1. The standard InChI is InChI=1S/C14H24N6O/c1-3-6-20(11-4-5-11)14-17-12(15-2)16-13(18-14)19-7-9-21-10-8-19/h11H,3-10H2,1-2H3,(H,15,16,17,18). The second kappa shape index (κ2) is 6.43. The Hall–Kier alpha value is -1.63.